The molecule has 4 nitrogen and oxygen atoms in total. The molecule has 128 valence electrons. The number of aliphatic hydroxyl groups excluding tert-OH is 1. The van der Waals surface area contributed by atoms with Crippen LogP contribution in [-0.2, 0) is 0 Å². The summed E-state index contributed by atoms with van der Waals surface area (Å²) in [5.41, 5.74) is 1.22. The average Bonchev–Trinajstić information content (AvgIpc) is 3.09. The van der Waals surface area contributed by atoms with Crippen LogP contribution in [0.5, 0.6) is 5.75 Å². The van der Waals surface area contributed by atoms with Crippen molar-refractivity contribution in [2.24, 2.45) is 0 Å². The molecule has 23 heavy (non-hydrogen) atoms. The Kier molecular flexibility index (Phi) is 5.92. The summed E-state index contributed by atoms with van der Waals surface area (Å²) in [5, 5.41) is 10.3. The topological polar surface area (TPSA) is 35.9 Å². The summed E-state index contributed by atoms with van der Waals surface area (Å²) in [6.07, 6.45) is 4.83. The average molecular weight is 318 g/mol. The van der Waals surface area contributed by atoms with Crippen molar-refractivity contribution >= 4 is 0 Å². The van der Waals surface area contributed by atoms with E-state index < -0.39 is 6.10 Å². The van der Waals surface area contributed by atoms with E-state index in [-0.39, 0.29) is 0 Å². The number of hydrogen-bond acceptors (Lipinski definition) is 4. The lowest BCUT2D eigenvalue weighted by atomic mass is 10.0. The van der Waals surface area contributed by atoms with Crippen LogP contribution in [0.1, 0.15) is 31.2 Å². The number of nitrogens with zero attached hydrogens (tertiary/aromatic N) is 2. The monoisotopic (exact) mass is 318 g/mol. The molecule has 1 aromatic rings. The van der Waals surface area contributed by atoms with Gasteiger partial charge in [-0.05, 0) is 64.4 Å². The van der Waals surface area contributed by atoms with E-state index in [0.29, 0.717) is 12.6 Å². The third-order valence-corrected chi connectivity index (χ3v) is 5.07. The van der Waals surface area contributed by atoms with E-state index in [0.717, 1.165) is 25.4 Å². The van der Waals surface area contributed by atoms with E-state index in [2.05, 4.69) is 16.7 Å². The second-order valence-corrected chi connectivity index (χ2v) is 7.08. The first-order chi connectivity index (χ1) is 11.2. The van der Waals surface area contributed by atoms with E-state index >= 15 is 0 Å². The van der Waals surface area contributed by atoms with Crippen molar-refractivity contribution < 1.29 is 9.84 Å². The fourth-order valence-electron chi connectivity index (χ4n) is 3.78. The molecule has 0 bridgehead atoms. The van der Waals surface area contributed by atoms with Gasteiger partial charge in [-0.1, -0.05) is 17.7 Å². The molecule has 1 N–H and O–H groups in total. The molecule has 2 saturated heterocycles. The normalized spacial score (nSPS) is 24.7. The molecule has 2 atom stereocenters. The van der Waals surface area contributed by atoms with Crippen LogP contribution in [0.15, 0.2) is 24.3 Å². The fraction of sp³-hybridized carbons (Fsp3) is 0.684. The number of aryl methyl sites for hydroxylation is 1. The zero-order chi connectivity index (χ0) is 16.1. The van der Waals surface area contributed by atoms with Crippen molar-refractivity contribution in [3.8, 4) is 5.75 Å². The molecule has 2 fully saturated rings. The zero-order valence-corrected chi connectivity index (χ0v) is 14.3. The SMILES string of the molecule is Cc1ccc(OC[C@@H](O)CN2CCC[C@@H](N3CCCC3)C2)cc1. The summed E-state index contributed by atoms with van der Waals surface area (Å²) in [4.78, 5) is 5.05. The maximum atomic E-state index is 10.3. The van der Waals surface area contributed by atoms with Crippen LogP contribution in [0.4, 0.5) is 0 Å². The predicted molar refractivity (Wildman–Crippen MR) is 92.9 cm³/mol. The maximum absolute atomic E-state index is 10.3. The van der Waals surface area contributed by atoms with Gasteiger partial charge in [0.2, 0.25) is 0 Å². The van der Waals surface area contributed by atoms with E-state index in [1.807, 2.05) is 24.3 Å². The molecule has 0 saturated carbocycles. The van der Waals surface area contributed by atoms with Crippen molar-refractivity contribution in [2.45, 2.75) is 44.8 Å². The summed E-state index contributed by atoms with van der Waals surface area (Å²) in [5.74, 6) is 0.836. The molecule has 4 heteroatoms. The molecule has 3 rings (SSSR count). The third kappa shape index (κ3) is 4.93. The van der Waals surface area contributed by atoms with Crippen molar-refractivity contribution in [1.82, 2.24) is 9.80 Å². The molecule has 0 radical (unpaired) electrons. The van der Waals surface area contributed by atoms with Gasteiger partial charge in [-0.25, -0.2) is 0 Å². The summed E-state index contributed by atoms with van der Waals surface area (Å²) in [6, 6.07) is 8.69. The maximum Gasteiger partial charge on any atom is 0.119 e. The van der Waals surface area contributed by atoms with Gasteiger partial charge >= 0.3 is 0 Å². The number of likely N-dealkylation sites (tertiary alicyclic amines) is 2. The number of piperidine rings is 1. The minimum Gasteiger partial charge on any atom is -0.491 e. The van der Waals surface area contributed by atoms with Crippen LogP contribution in [0.2, 0.25) is 0 Å². The van der Waals surface area contributed by atoms with Crippen molar-refractivity contribution in [3.63, 3.8) is 0 Å². The Balaban J connectivity index is 1.41. The first-order valence-corrected chi connectivity index (χ1v) is 9.04. The van der Waals surface area contributed by atoms with Gasteiger partial charge in [0, 0.05) is 19.1 Å². The quantitative estimate of drug-likeness (QED) is 0.873. The number of aliphatic hydroxyl groups is 1. The molecule has 0 aliphatic carbocycles. The molecular weight excluding hydrogens is 288 g/mol. The Bertz CT molecular complexity index is 471. The highest BCUT2D eigenvalue weighted by Gasteiger charge is 2.27. The second kappa shape index (κ2) is 8.13. The number of β-amino-alcohol motifs (C(OH)–C–C–N with tert-alkyl or cyclic N) is 1. The lowest BCUT2D eigenvalue weighted by Gasteiger charge is -2.38. The predicted octanol–water partition coefficient (Wildman–Crippen LogP) is 2.29. The largest absolute Gasteiger partial charge is 0.491 e. The standard InChI is InChI=1S/C19H30N2O2/c1-16-6-8-19(9-7-16)23-15-18(22)14-20-10-4-5-17(13-20)21-11-2-3-12-21/h6-9,17-18,22H,2-5,10-15H2,1H3/t17-,18+/m1/s1. The Morgan fingerprint density at radius 2 is 1.87 bits per heavy atom. The van der Waals surface area contributed by atoms with Crippen LogP contribution in [0, 0.1) is 6.92 Å². The Hall–Kier alpha value is -1.10. The van der Waals surface area contributed by atoms with Crippen LogP contribution >= 0.6 is 0 Å². The lowest BCUT2D eigenvalue weighted by Crippen LogP contribution is -2.49. The van der Waals surface area contributed by atoms with E-state index in [4.69, 9.17) is 4.74 Å². The molecule has 0 unspecified atom stereocenters. The van der Waals surface area contributed by atoms with Gasteiger partial charge in [0.1, 0.15) is 18.5 Å². The highest BCUT2D eigenvalue weighted by atomic mass is 16.5. The summed E-state index contributed by atoms with van der Waals surface area (Å²) < 4.78 is 5.70. The molecule has 2 heterocycles. The van der Waals surface area contributed by atoms with Crippen molar-refractivity contribution in [1.29, 1.82) is 0 Å². The highest BCUT2D eigenvalue weighted by Crippen LogP contribution is 2.20. The Labute approximate surface area is 140 Å². The summed E-state index contributed by atoms with van der Waals surface area (Å²) in [7, 11) is 0. The van der Waals surface area contributed by atoms with Gasteiger partial charge in [-0.3, -0.25) is 9.80 Å². The summed E-state index contributed by atoms with van der Waals surface area (Å²) >= 11 is 0. The molecule has 0 spiro atoms. The zero-order valence-electron chi connectivity index (χ0n) is 14.3. The molecule has 2 aliphatic heterocycles. The third-order valence-electron chi connectivity index (χ3n) is 5.07. The van der Waals surface area contributed by atoms with E-state index in [1.54, 1.807) is 0 Å². The minimum absolute atomic E-state index is 0.369. The van der Waals surface area contributed by atoms with Crippen molar-refractivity contribution in [2.75, 3.05) is 39.3 Å². The highest BCUT2D eigenvalue weighted by molar-refractivity contribution is 5.26. The number of rotatable bonds is 6. The first-order valence-electron chi connectivity index (χ1n) is 9.04. The van der Waals surface area contributed by atoms with Gasteiger partial charge in [0.05, 0.1) is 0 Å². The molecule has 0 amide bonds. The van der Waals surface area contributed by atoms with Crippen LogP contribution < -0.4 is 4.74 Å². The number of benzene rings is 1. The van der Waals surface area contributed by atoms with E-state index in [1.165, 1.54) is 44.3 Å². The van der Waals surface area contributed by atoms with Gasteiger partial charge in [-0.15, -0.1) is 0 Å². The second-order valence-electron chi connectivity index (χ2n) is 7.08. The van der Waals surface area contributed by atoms with E-state index in [9.17, 15) is 5.11 Å². The smallest absolute Gasteiger partial charge is 0.119 e. The van der Waals surface area contributed by atoms with Gasteiger partial charge in [0.15, 0.2) is 0 Å². The first kappa shape index (κ1) is 16.7. The molecular formula is C19H30N2O2. The summed E-state index contributed by atoms with van der Waals surface area (Å²) in [6.45, 7) is 7.87. The Morgan fingerprint density at radius 1 is 1.13 bits per heavy atom. The van der Waals surface area contributed by atoms with Crippen LogP contribution in [0.3, 0.4) is 0 Å². The Morgan fingerprint density at radius 3 is 2.61 bits per heavy atom. The number of ether oxygens (including phenoxy) is 1. The van der Waals surface area contributed by atoms with Gasteiger partial charge in [-0.2, -0.15) is 0 Å². The fourth-order valence-corrected chi connectivity index (χ4v) is 3.78. The van der Waals surface area contributed by atoms with Gasteiger partial charge in [0.25, 0.3) is 0 Å². The van der Waals surface area contributed by atoms with Gasteiger partial charge < -0.3 is 9.84 Å². The number of hydrogen-bond donors (Lipinski definition) is 1. The lowest BCUT2D eigenvalue weighted by molar-refractivity contribution is 0.0416. The van der Waals surface area contributed by atoms with Crippen LogP contribution in [-0.4, -0.2) is 66.4 Å². The molecule has 0 aromatic heterocycles. The minimum atomic E-state index is -0.423. The molecule has 2 aliphatic rings. The van der Waals surface area contributed by atoms with Crippen LogP contribution in [0.25, 0.3) is 0 Å². The van der Waals surface area contributed by atoms with Crippen molar-refractivity contribution in [3.05, 3.63) is 29.8 Å². The molecule has 1 aromatic carbocycles.